The van der Waals surface area contributed by atoms with Crippen molar-refractivity contribution in [3.8, 4) is 0 Å². The quantitative estimate of drug-likeness (QED) is 0.671. The van der Waals surface area contributed by atoms with E-state index in [1.807, 2.05) is 0 Å². The normalized spacial score (nSPS) is 18.9. The second-order valence-electron chi connectivity index (χ2n) is 5.08. The molecule has 0 radical (unpaired) electrons. The molecule has 1 fully saturated rings. The molecule has 0 aromatic carbocycles. The first-order chi connectivity index (χ1) is 8.27. The Hall–Kier alpha value is -0.570. The van der Waals surface area contributed by atoms with Gasteiger partial charge in [-0.3, -0.25) is 4.79 Å². The molecule has 2 N–H and O–H groups in total. The molecule has 1 saturated carbocycles. The van der Waals surface area contributed by atoms with Gasteiger partial charge in [-0.1, -0.05) is 33.1 Å². The van der Waals surface area contributed by atoms with E-state index < -0.39 is 0 Å². The molecule has 1 amide bonds. The molecule has 1 aliphatic rings. The molecule has 0 saturated heterocycles. The van der Waals surface area contributed by atoms with Gasteiger partial charge in [0.2, 0.25) is 5.91 Å². The van der Waals surface area contributed by atoms with Gasteiger partial charge >= 0.3 is 0 Å². The van der Waals surface area contributed by atoms with Crippen molar-refractivity contribution in [3.63, 3.8) is 0 Å². The van der Waals surface area contributed by atoms with Crippen LogP contribution in [0.5, 0.6) is 0 Å². The van der Waals surface area contributed by atoms with E-state index in [0.29, 0.717) is 12.5 Å². The van der Waals surface area contributed by atoms with Gasteiger partial charge in [-0.2, -0.15) is 0 Å². The summed E-state index contributed by atoms with van der Waals surface area (Å²) in [5.74, 6) is 0.931. The van der Waals surface area contributed by atoms with Gasteiger partial charge in [-0.05, 0) is 31.7 Å². The number of carbonyl (C=O) groups excluding carboxylic acids is 1. The summed E-state index contributed by atoms with van der Waals surface area (Å²) in [5, 5.41) is 6.41. The lowest BCUT2D eigenvalue weighted by Crippen LogP contribution is -2.41. The summed E-state index contributed by atoms with van der Waals surface area (Å²) in [6.45, 7) is 5.98. The van der Waals surface area contributed by atoms with Crippen LogP contribution in [0.1, 0.15) is 58.8 Å². The van der Waals surface area contributed by atoms with Crippen molar-refractivity contribution in [1.29, 1.82) is 0 Å². The van der Waals surface area contributed by atoms with Crippen molar-refractivity contribution >= 4 is 5.91 Å². The fourth-order valence-electron chi connectivity index (χ4n) is 2.75. The standard InChI is InChI=1S/C14H28N2O/c1-3-13(12-8-6-5-7-9-12)16-14(17)10-11-15-4-2/h12-13,15H,3-11H2,1-2H3,(H,16,17). The van der Waals surface area contributed by atoms with Gasteiger partial charge in [-0.25, -0.2) is 0 Å². The molecule has 0 aromatic rings. The monoisotopic (exact) mass is 240 g/mol. The van der Waals surface area contributed by atoms with Gasteiger partial charge in [0, 0.05) is 19.0 Å². The van der Waals surface area contributed by atoms with Crippen LogP contribution >= 0.6 is 0 Å². The highest BCUT2D eigenvalue weighted by Gasteiger charge is 2.23. The molecule has 0 aliphatic heterocycles. The van der Waals surface area contributed by atoms with Gasteiger partial charge in [0.1, 0.15) is 0 Å². The summed E-state index contributed by atoms with van der Waals surface area (Å²) in [7, 11) is 0. The van der Waals surface area contributed by atoms with Crippen LogP contribution in [0.2, 0.25) is 0 Å². The van der Waals surface area contributed by atoms with E-state index in [0.717, 1.165) is 25.4 Å². The van der Waals surface area contributed by atoms with Crippen molar-refractivity contribution in [3.05, 3.63) is 0 Å². The molecule has 1 aliphatic carbocycles. The number of hydrogen-bond donors (Lipinski definition) is 2. The number of hydrogen-bond acceptors (Lipinski definition) is 2. The lowest BCUT2D eigenvalue weighted by molar-refractivity contribution is -0.122. The number of amides is 1. The van der Waals surface area contributed by atoms with Gasteiger partial charge in [0.15, 0.2) is 0 Å². The minimum Gasteiger partial charge on any atom is -0.353 e. The molecule has 1 rings (SSSR count). The Bertz CT molecular complexity index is 212. The van der Waals surface area contributed by atoms with Crippen LogP contribution < -0.4 is 10.6 Å². The summed E-state index contributed by atoms with van der Waals surface area (Å²) in [6.07, 6.45) is 8.33. The first-order valence-electron chi connectivity index (χ1n) is 7.28. The summed E-state index contributed by atoms with van der Waals surface area (Å²) in [6, 6.07) is 0.407. The predicted octanol–water partition coefficient (Wildman–Crippen LogP) is 2.46. The van der Waals surface area contributed by atoms with Crippen LogP contribution in [-0.2, 0) is 4.79 Å². The number of nitrogens with one attached hydrogen (secondary N) is 2. The predicted molar refractivity (Wildman–Crippen MR) is 72.0 cm³/mol. The van der Waals surface area contributed by atoms with E-state index in [1.54, 1.807) is 0 Å². The Morgan fingerprint density at radius 3 is 2.53 bits per heavy atom. The van der Waals surface area contributed by atoms with E-state index in [4.69, 9.17) is 0 Å². The summed E-state index contributed by atoms with van der Waals surface area (Å²) in [5.41, 5.74) is 0. The third-order valence-electron chi connectivity index (χ3n) is 3.78. The van der Waals surface area contributed by atoms with Gasteiger partial charge in [0.25, 0.3) is 0 Å². The van der Waals surface area contributed by atoms with Crippen molar-refractivity contribution < 1.29 is 4.79 Å². The SMILES string of the molecule is CCNCCC(=O)NC(CC)C1CCCCC1. The molecule has 0 heterocycles. The lowest BCUT2D eigenvalue weighted by Gasteiger charge is -2.30. The van der Waals surface area contributed by atoms with Crippen LogP contribution in [0.4, 0.5) is 0 Å². The molecule has 1 unspecified atom stereocenters. The van der Waals surface area contributed by atoms with Crippen molar-refractivity contribution in [2.75, 3.05) is 13.1 Å². The molecule has 0 aromatic heterocycles. The van der Waals surface area contributed by atoms with Crippen molar-refractivity contribution in [2.24, 2.45) is 5.92 Å². The van der Waals surface area contributed by atoms with E-state index >= 15 is 0 Å². The van der Waals surface area contributed by atoms with Crippen molar-refractivity contribution in [1.82, 2.24) is 10.6 Å². The number of rotatable bonds is 7. The minimum atomic E-state index is 0.211. The van der Waals surface area contributed by atoms with Crippen LogP contribution in [0.15, 0.2) is 0 Å². The average molecular weight is 240 g/mol. The van der Waals surface area contributed by atoms with E-state index in [1.165, 1.54) is 32.1 Å². The molecule has 0 spiro atoms. The van der Waals surface area contributed by atoms with E-state index in [9.17, 15) is 4.79 Å². The van der Waals surface area contributed by atoms with Gasteiger partial charge in [-0.15, -0.1) is 0 Å². The third kappa shape index (κ3) is 5.53. The molecule has 100 valence electrons. The smallest absolute Gasteiger partial charge is 0.221 e. The second-order valence-corrected chi connectivity index (χ2v) is 5.08. The third-order valence-corrected chi connectivity index (χ3v) is 3.78. The van der Waals surface area contributed by atoms with Gasteiger partial charge in [0.05, 0.1) is 0 Å². The first-order valence-corrected chi connectivity index (χ1v) is 7.28. The Morgan fingerprint density at radius 1 is 1.24 bits per heavy atom. The van der Waals surface area contributed by atoms with Crippen LogP contribution in [0.25, 0.3) is 0 Å². The highest BCUT2D eigenvalue weighted by Crippen LogP contribution is 2.27. The Morgan fingerprint density at radius 2 is 1.94 bits per heavy atom. The molecule has 1 atom stereocenters. The lowest BCUT2D eigenvalue weighted by atomic mass is 9.83. The Kier molecular flexibility index (Phi) is 7.25. The summed E-state index contributed by atoms with van der Waals surface area (Å²) < 4.78 is 0. The number of carbonyl (C=O) groups is 1. The Balaban J connectivity index is 2.27. The maximum atomic E-state index is 11.8. The highest BCUT2D eigenvalue weighted by atomic mass is 16.1. The molecule has 3 nitrogen and oxygen atoms in total. The summed E-state index contributed by atoms with van der Waals surface area (Å²) >= 11 is 0. The van der Waals surface area contributed by atoms with Crippen LogP contribution in [0.3, 0.4) is 0 Å². The van der Waals surface area contributed by atoms with Crippen LogP contribution in [-0.4, -0.2) is 25.0 Å². The first kappa shape index (κ1) is 14.5. The molecule has 17 heavy (non-hydrogen) atoms. The van der Waals surface area contributed by atoms with Gasteiger partial charge < -0.3 is 10.6 Å². The van der Waals surface area contributed by atoms with Crippen molar-refractivity contribution in [2.45, 2.75) is 64.8 Å². The molecule has 3 heteroatoms. The zero-order valence-electron chi connectivity index (χ0n) is 11.4. The summed E-state index contributed by atoms with van der Waals surface area (Å²) in [4.78, 5) is 11.8. The maximum Gasteiger partial charge on any atom is 0.221 e. The van der Waals surface area contributed by atoms with Crippen LogP contribution in [0, 0.1) is 5.92 Å². The fraction of sp³-hybridized carbons (Fsp3) is 0.929. The maximum absolute atomic E-state index is 11.8. The highest BCUT2D eigenvalue weighted by molar-refractivity contribution is 5.76. The minimum absolute atomic E-state index is 0.211. The Labute approximate surface area is 106 Å². The average Bonchev–Trinajstić information content (AvgIpc) is 2.37. The second kappa shape index (κ2) is 8.51. The fourth-order valence-corrected chi connectivity index (χ4v) is 2.75. The largest absolute Gasteiger partial charge is 0.353 e. The zero-order valence-corrected chi connectivity index (χ0v) is 11.4. The molecular weight excluding hydrogens is 212 g/mol. The van der Waals surface area contributed by atoms with E-state index in [2.05, 4.69) is 24.5 Å². The van der Waals surface area contributed by atoms with E-state index in [-0.39, 0.29) is 5.91 Å². The molecule has 0 bridgehead atoms. The molecular formula is C14H28N2O. The zero-order chi connectivity index (χ0) is 12.5. The topological polar surface area (TPSA) is 41.1 Å².